The highest BCUT2D eigenvalue weighted by atomic mass is 127. The van der Waals surface area contributed by atoms with Crippen molar-refractivity contribution < 1.29 is 0 Å². The quantitative estimate of drug-likeness (QED) is 0.692. The van der Waals surface area contributed by atoms with Gasteiger partial charge in [0.2, 0.25) is 0 Å². The zero-order chi connectivity index (χ0) is 13.4. The fourth-order valence-corrected chi connectivity index (χ4v) is 3.31. The van der Waals surface area contributed by atoms with E-state index in [0.717, 1.165) is 22.4 Å². The number of hydrogen-bond donors (Lipinski definition) is 1. The molecule has 0 aromatic carbocycles. The monoisotopic (exact) mass is 382 g/mol. The molecule has 0 bridgehead atoms. The summed E-state index contributed by atoms with van der Waals surface area (Å²) in [7, 11) is 1.86. The fourth-order valence-electron chi connectivity index (χ4n) is 1.98. The summed E-state index contributed by atoms with van der Waals surface area (Å²) in [6.07, 6.45) is 3.53. The number of pyridine rings is 1. The zero-order valence-corrected chi connectivity index (χ0v) is 13.1. The van der Waals surface area contributed by atoms with Crippen LogP contribution in [0.15, 0.2) is 36.0 Å². The van der Waals surface area contributed by atoms with Crippen molar-refractivity contribution in [2.24, 2.45) is 7.05 Å². The van der Waals surface area contributed by atoms with Gasteiger partial charge in [-0.3, -0.25) is 9.67 Å². The second kappa shape index (κ2) is 4.93. The van der Waals surface area contributed by atoms with Gasteiger partial charge >= 0.3 is 0 Å². The molecule has 0 radical (unpaired) electrons. The number of halogens is 1. The zero-order valence-electron chi connectivity index (χ0n) is 10.2. The van der Waals surface area contributed by atoms with E-state index >= 15 is 0 Å². The molecule has 0 amide bonds. The molecule has 0 unspecified atom stereocenters. The van der Waals surface area contributed by atoms with Crippen LogP contribution in [-0.4, -0.2) is 14.8 Å². The molecule has 19 heavy (non-hydrogen) atoms. The lowest BCUT2D eigenvalue weighted by molar-refractivity contribution is 0.782. The molecular formula is C13H11IN4S. The van der Waals surface area contributed by atoms with Crippen molar-refractivity contribution in [1.29, 1.82) is 0 Å². The van der Waals surface area contributed by atoms with Crippen LogP contribution in [0.4, 0.5) is 5.82 Å². The molecule has 4 nitrogen and oxygen atoms in total. The summed E-state index contributed by atoms with van der Waals surface area (Å²) in [5.74, 6) is 0.669. The second-order valence-corrected chi connectivity index (χ2v) is 6.91. The first-order chi connectivity index (χ1) is 9.16. The molecule has 2 N–H and O–H groups in total. The lowest BCUT2D eigenvalue weighted by atomic mass is 10.0. The molecular weight excluding hydrogens is 371 g/mol. The van der Waals surface area contributed by atoms with Crippen LogP contribution in [0.25, 0.3) is 22.4 Å². The van der Waals surface area contributed by atoms with Crippen LogP contribution in [0.1, 0.15) is 0 Å². The van der Waals surface area contributed by atoms with Gasteiger partial charge < -0.3 is 5.73 Å². The first-order valence-electron chi connectivity index (χ1n) is 5.64. The highest BCUT2D eigenvalue weighted by molar-refractivity contribution is 14.1. The van der Waals surface area contributed by atoms with Gasteiger partial charge in [-0.05, 0) is 46.4 Å². The molecule has 6 heteroatoms. The van der Waals surface area contributed by atoms with Crippen LogP contribution in [0, 0.1) is 2.88 Å². The van der Waals surface area contributed by atoms with Gasteiger partial charge in [-0.15, -0.1) is 11.3 Å². The van der Waals surface area contributed by atoms with Crippen LogP contribution in [-0.2, 0) is 7.05 Å². The highest BCUT2D eigenvalue weighted by Gasteiger charge is 2.17. The molecule has 0 atom stereocenters. The SMILES string of the molecule is Cn1nc(-c2csc(I)c2)c(-c2ccncc2)c1N. The molecule has 0 saturated heterocycles. The Kier molecular flexibility index (Phi) is 3.28. The van der Waals surface area contributed by atoms with Crippen molar-refractivity contribution in [3.05, 3.63) is 38.9 Å². The Bertz CT molecular complexity index is 718. The summed E-state index contributed by atoms with van der Waals surface area (Å²) in [6, 6.07) is 6.03. The van der Waals surface area contributed by atoms with Crippen molar-refractivity contribution in [3.63, 3.8) is 0 Å². The summed E-state index contributed by atoms with van der Waals surface area (Å²) in [4.78, 5) is 4.05. The third kappa shape index (κ3) is 2.25. The molecule has 0 aliphatic heterocycles. The summed E-state index contributed by atoms with van der Waals surface area (Å²) in [5.41, 5.74) is 10.2. The number of aryl methyl sites for hydroxylation is 1. The predicted octanol–water partition coefficient (Wildman–Crippen LogP) is 3.40. The minimum Gasteiger partial charge on any atom is -0.383 e. The van der Waals surface area contributed by atoms with Gasteiger partial charge in [0.15, 0.2) is 0 Å². The maximum atomic E-state index is 6.16. The average Bonchev–Trinajstić information content (AvgIpc) is 2.96. The van der Waals surface area contributed by atoms with E-state index in [1.165, 1.54) is 2.88 Å². The number of aromatic nitrogens is 3. The van der Waals surface area contributed by atoms with Gasteiger partial charge in [-0.25, -0.2) is 0 Å². The number of anilines is 1. The summed E-state index contributed by atoms with van der Waals surface area (Å²) in [5, 5.41) is 6.65. The van der Waals surface area contributed by atoms with Crippen molar-refractivity contribution in [1.82, 2.24) is 14.8 Å². The molecule has 3 aromatic rings. The molecule has 0 aliphatic rings. The third-order valence-electron chi connectivity index (χ3n) is 2.90. The minimum atomic E-state index is 0.669. The van der Waals surface area contributed by atoms with E-state index in [2.05, 4.69) is 44.1 Å². The van der Waals surface area contributed by atoms with E-state index in [1.54, 1.807) is 28.4 Å². The van der Waals surface area contributed by atoms with Crippen molar-refractivity contribution in [2.45, 2.75) is 0 Å². The lowest BCUT2D eigenvalue weighted by Crippen LogP contribution is -1.97. The van der Waals surface area contributed by atoms with E-state index in [0.29, 0.717) is 5.82 Å². The summed E-state index contributed by atoms with van der Waals surface area (Å²) < 4.78 is 2.95. The van der Waals surface area contributed by atoms with Crippen LogP contribution in [0.2, 0.25) is 0 Å². The largest absolute Gasteiger partial charge is 0.383 e. The molecule has 3 rings (SSSR count). The molecule has 0 aliphatic carbocycles. The maximum Gasteiger partial charge on any atom is 0.129 e. The van der Waals surface area contributed by atoms with E-state index in [9.17, 15) is 0 Å². The fraction of sp³-hybridized carbons (Fsp3) is 0.0769. The van der Waals surface area contributed by atoms with Crippen LogP contribution >= 0.6 is 33.9 Å². The Labute approximate surface area is 128 Å². The Hall–Kier alpha value is -1.41. The molecule has 3 heterocycles. The Morgan fingerprint density at radius 1 is 1.26 bits per heavy atom. The lowest BCUT2D eigenvalue weighted by Gasteiger charge is -2.02. The third-order valence-corrected chi connectivity index (χ3v) is 4.69. The minimum absolute atomic E-state index is 0.669. The van der Waals surface area contributed by atoms with E-state index in [1.807, 2.05) is 19.2 Å². The van der Waals surface area contributed by atoms with Crippen LogP contribution in [0.5, 0.6) is 0 Å². The second-order valence-electron chi connectivity index (χ2n) is 4.11. The van der Waals surface area contributed by atoms with Gasteiger partial charge in [0, 0.05) is 30.4 Å². The number of nitrogens with two attached hydrogens (primary N) is 1. The topological polar surface area (TPSA) is 56.7 Å². The van der Waals surface area contributed by atoms with E-state index < -0.39 is 0 Å². The van der Waals surface area contributed by atoms with Crippen molar-refractivity contribution in [3.8, 4) is 22.4 Å². The van der Waals surface area contributed by atoms with Gasteiger partial charge in [-0.1, -0.05) is 0 Å². The van der Waals surface area contributed by atoms with Crippen LogP contribution < -0.4 is 5.73 Å². The normalized spacial score (nSPS) is 10.8. The first kappa shape index (κ1) is 12.6. The van der Waals surface area contributed by atoms with Gasteiger partial charge in [0.1, 0.15) is 11.5 Å². The van der Waals surface area contributed by atoms with Gasteiger partial charge in [-0.2, -0.15) is 5.10 Å². The molecule has 96 valence electrons. The summed E-state index contributed by atoms with van der Waals surface area (Å²) >= 11 is 4.01. The van der Waals surface area contributed by atoms with Gasteiger partial charge in [0.05, 0.1) is 8.45 Å². The smallest absolute Gasteiger partial charge is 0.129 e. The van der Waals surface area contributed by atoms with Gasteiger partial charge in [0.25, 0.3) is 0 Å². The van der Waals surface area contributed by atoms with E-state index in [4.69, 9.17) is 5.73 Å². The summed E-state index contributed by atoms with van der Waals surface area (Å²) in [6.45, 7) is 0. The standard InChI is InChI=1S/C13H11IN4S/c1-18-13(15)11(8-2-4-16-5-3-8)12(17-18)9-6-10(14)19-7-9/h2-7H,15H2,1H3. The van der Waals surface area contributed by atoms with Crippen molar-refractivity contribution in [2.75, 3.05) is 5.73 Å². The first-order valence-corrected chi connectivity index (χ1v) is 7.60. The number of thiophene rings is 1. The Balaban J connectivity index is 2.24. The molecule has 0 fully saturated rings. The Morgan fingerprint density at radius 2 is 2.00 bits per heavy atom. The van der Waals surface area contributed by atoms with Crippen LogP contribution in [0.3, 0.4) is 0 Å². The average molecular weight is 382 g/mol. The molecule has 0 spiro atoms. The number of rotatable bonds is 2. The molecule has 0 saturated carbocycles. The van der Waals surface area contributed by atoms with E-state index in [-0.39, 0.29) is 0 Å². The highest BCUT2D eigenvalue weighted by Crippen LogP contribution is 2.37. The number of nitrogens with zero attached hydrogens (tertiary/aromatic N) is 3. The Morgan fingerprint density at radius 3 is 2.63 bits per heavy atom. The number of hydrogen-bond acceptors (Lipinski definition) is 4. The maximum absolute atomic E-state index is 6.16. The molecule has 3 aromatic heterocycles. The predicted molar refractivity (Wildman–Crippen MR) is 86.9 cm³/mol. The van der Waals surface area contributed by atoms with Crippen molar-refractivity contribution >= 4 is 39.7 Å². The number of nitrogen functional groups attached to an aromatic ring is 1.